The van der Waals surface area contributed by atoms with Gasteiger partial charge in [-0.05, 0) is 66.8 Å². The average Bonchev–Trinajstić information content (AvgIpc) is 3.68. The standard InChI is InChI=1S/C27H32N2O4S/c1-4-7-11-23-28-26(30)25(34(32,33)22-16-14-21(15-17-22)20-12-13-20)27(31)29(23)24-18(5-2)9-8-10-19(24)6-3/h8-10,14-17,20,30H,4-7,11-13H2,1-3H3. The van der Waals surface area contributed by atoms with E-state index in [1.807, 2.05) is 39.0 Å². The van der Waals surface area contributed by atoms with E-state index >= 15 is 0 Å². The van der Waals surface area contributed by atoms with Gasteiger partial charge in [0, 0.05) is 6.42 Å². The van der Waals surface area contributed by atoms with E-state index in [4.69, 9.17) is 0 Å². The highest BCUT2D eigenvalue weighted by Crippen LogP contribution is 2.40. The number of sulfone groups is 1. The second-order valence-corrected chi connectivity index (χ2v) is 10.8. The maximum atomic E-state index is 13.9. The zero-order chi connectivity index (χ0) is 24.5. The van der Waals surface area contributed by atoms with Gasteiger partial charge < -0.3 is 5.11 Å². The lowest BCUT2D eigenvalue weighted by atomic mass is 10.0. The molecule has 1 N–H and O–H groups in total. The molecule has 0 atom stereocenters. The van der Waals surface area contributed by atoms with Crippen molar-refractivity contribution in [1.82, 2.24) is 9.55 Å². The summed E-state index contributed by atoms with van der Waals surface area (Å²) in [5.74, 6) is 0.133. The van der Waals surface area contributed by atoms with Gasteiger partial charge >= 0.3 is 0 Å². The third kappa shape index (κ3) is 4.41. The summed E-state index contributed by atoms with van der Waals surface area (Å²) in [6, 6.07) is 12.5. The van der Waals surface area contributed by atoms with Crippen molar-refractivity contribution in [2.45, 2.75) is 81.4 Å². The Balaban J connectivity index is 1.97. The van der Waals surface area contributed by atoms with Gasteiger partial charge in [0.15, 0.2) is 4.90 Å². The van der Waals surface area contributed by atoms with Crippen molar-refractivity contribution < 1.29 is 13.5 Å². The molecule has 0 bridgehead atoms. The van der Waals surface area contributed by atoms with Crippen LogP contribution in [0.1, 0.15) is 74.9 Å². The van der Waals surface area contributed by atoms with Crippen molar-refractivity contribution in [1.29, 1.82) is 0 Å². The number of nitrogens with zero attached hydrogens (tertiary/aromatic N) is 2. The smallest absolute Gasteiger partial charge is 0.281 e. The van der Waals surface area contributed by atoms with Crippen LogP contribution in [-0.4, -0.2) is 23.1 Å². The maximum Gasteiger partial charge on any atom is 0.281 e. The molecule has 180 valence electrons. The number of aryl methyl sites for hydroxylation is 3. The molecule has 7 heteroatoms. The highest BCUT2D eigenvalue weighted by molar-refractivity contribution is 7.91. The number of rotatable bonds is 9. The molecule has 0 spiro atoms. The molecule has 2 aromatic carbocycles. The molecule has 1 aliphatic rings. The van der Waals surface area contributed by atoms with Gasteiger partial charge in [-0.1, -0.05) is 57.5 Å². The van der Waals surface area contributed by atoms with E-state index in [2.05, 4.69) is 4.98 Å². The lowest BCUT2D eigenvalue weighted by molar-refractivity contribution is 0.424. The predicted octanol–water partition coefficient (Wildman–Crippen LogP) is 5.12. The zero-order valence-corrected chi connectivity index (χ0v) is 20.9. The third-order valence-electron chi connectivity index (χ3n) is 6.54. The first-order chi connectivity index (χ1) is 16.3. The first-order valence-electron chi connectivity index (χ1n) is 12.1. The Morgan fingerprint density at radius 1 is 1.00 bits per heavy atom. The Morgan fingerprint density at radius 3 is 2.15 bits per heavy atom. The number of hydrogen-bond acceptors (Lipinski definition) is 5. The Bertz CT molecular complexity index is 1330. The van der Waals surface area contributed by atoms with Crippen LogP contribution < -0.4 is 5.56 Å². The topological polar surface area (TPSA) is 89.3 Å². The minimum atomic E-state index is -4.28. The van der Waals surface area contributed by atoms with E-state index < -0.39 is 26.2 Å². The highest BCUT2D eigenvalue weighted by Gasteiger charge is 2.31. The van der Waals surface area contributed by atoms with Crippen molar-refractivity contribution in [2.24, 2.45) is 0 Å². The quantitative estimate of drug-likeness (QED) is 0.459. The minimum Gasteiger partial charge on any atom is -0.492 e. The molecule has 1 aliphatic carbocycles. The molecule has 0 radical (unpaired) electrons. The molecular weight excluding hydrogens is 448 g/mol. The van der Waals surface area contributed by atoms with E-state index in [1.165, 1.54) is 16.7 Å². The molecule has 3 aromatic rings. The summed E-state index contributed by atoms with van der Waals surface area (Å²) >= 11 is 0. The van der Waals surface area contributed by atoms with Crippen LogP contribution in [0.4, 0.5) is 0 Å². The summed E-state index contributed by atoms with van der Waals surface area (Å²) in [4.78, 5) is 17.5. The van der Waals surface area contributed by atoms with Gasteiger partial charge in [0.05, 0.1) is 10.6 Å². The van der Waals surface area contributed by atoms with Gasteiger partial charge in [0.2, 0.25) is 15.7 Å². The summed E-state index contributed by atoms with van der Waals surface area (Å²) < 4.78 is 28.6. The van der Waals surface area contributed by atoms with Crippen molar-refractivity contribution in [2.75, 3.05) is 0 Å². The van der Waals surface area contributed by atoms with Crippen LogP contribution in [0.25, 0.3) is 5.69 Å². The minimum absolute atomic E-state index is 0.0153. The van der Waals surface area contributed by atoms with E-state index in [-0.39, 0.29) is 4.90 Å². The summed E-state index contributed by atoms with van der Waals surface area (Å²) in [6.07, 6.45) is 5.66. The molecule has 0 saturated heterocycles. The lowest BCUT2D eigenvalue weighted by Crippen LogP contribution is -2.30. The van der Waals surface area contributed by atoms with Gasteiger partial charge in [-0.3, -0.25) is 9.36 Å². The summed E-state index contributed by atoms with van der Waals surface area (Å²) in [5, 5.41) is 10.7. The molecule has 1 saturated carbocycles. The second kappa shape index (κ2) is 9.74. The molecule has 4 rings (SSSR count). The van der Waals surface area contributed by atoms with E-state index in [9.17, 15) is 18.3 Å². The van der Waals surface area contributed by atoms with E-state index in [0.717, 1.165) is 42.4 Å². The summed E-state index contributed by atoms with van der Waals surface area (Å²) in [7, 11) is -4.28. The van der Waals surface area contributed by atoms with Crippen molar-refractivity contribution in [3.63, 3.8) is 0 Å². The fraction of sp³-hybridized carbons (Fsp3) is 0.407. The monoisotopic (exact) mass is 480 g/mol. The van der Waals surface area contributed by atoms with Crippen LogP contribution in [0, 0.1) is 0 Å². The number of aromatic nitrogens is 2. The lowest BCUT2D eigenvalue weighted by Gasteiger charge is -2.20. The van der Waals surface area contributed by atoms with Gasteiger partial charge in [0.25, 0.3) is 5.56 Å². The predicted molar refractivity (Wildman–Crippen MR) is 133 cm³/mol. The zero-order valence-electron chi connectivity index (χ0n) is 20.0. The molecule has 1 aromatic heterocycles. The largest absolute Gasteiger partial charge is 0.492 e. The molecule has 0 unspecified atom stereocenters. The highest BCUT2D eigenvalue weighted by atomic mass is 32.2. The Kier molecular flexibility index (Phi) is 6.94. The van der Waals surface area contributed by atoms with Gasteiger partial charge in [-0.2, -0.15) is 4.98 Å². The van der Waals surface area contributed by atoms with Crippen LogP contribution in [0.3, 0.4) is 0 Å². The second-order valence-electron chi connectivity index (χ2n) is 8.90. The van der Waals surface area contributed by atoms with Gasteiger partial charge in [-0.25, -0.2) is 8.42 Å². The SMILES string of the molecule is CCCCc1nc(O)c(S(=O)(=O)c2ccc(C3CC3)cc2)c(=O)n1-c1c(CC)cccc1CC. The van der Waals surface area contributed by atoms with Crippen LogP contribution in [0.2, 0.25) is 0 Å². The van der Waals surface area contributed by atoms with E-state index in [1.54, 1.807) is 12.1 Å². The fourth-order valence-corrected chi connectivity index (χ4v) is 5.80. The molecule has 6 nitrogen and oxygen atoms in total. The van der Waals surface area contributed by atoms with Crippen LogP contribution >= 0.6 is 0 Å². The maximum absolute atomic E-state index is 13.9. The Hall–Kier alpha value is -2.93. The fourth-order valence-electron chi connectivity index (χ4n) is 4.46. The van der Waals surface area contributed by atoms with Crippen molar-refractivity contribution in [3.05, 3.63) is 75.3 Å². The molecule has 0 aliphatic heterocycles. The first-order valence-corrected chi connectivity index (χ1v) is 13.6. The number of aromatic hydroxyl groups is 1. The van der Waals surface area contributed by atoms with Crippen LogP contribution in [-0.2, 0) is 29.1 Å². The Morgan fingerprint density at radius 2 is 1.62 bits per heavy atom. The molecule has 34 heavy (non-hydrogen) atoms. The molecule has 0 amide bonds. The molecule has 1 fully saturated rings. The molecule has 1 heterocycles. The number of hydrogen-bond donors (Lipinski definition) is 1. The van der Waals surface area contributed by atoms with Gasteiger partial charge in [-0.15, -0.1) is 0 Å². The summed E-state index contributed by atoms with van der Waals surface area (Å²) in [6.45, 7) is 6.04. The first kappa shape index (κ1) is 24.2. The van der Waals surface area contributed by atoms with E-state index in [0.29, 0.717) is 36.7 Å². The normalized spacial score (nSPS) is 13.9. The third-order valence-corrected chi connectivity index (χ3v) is 8.33. The van der Waals surface area contributed by atoms with Gasteiger partial charge in [0.1, 0.15) is 5.82 Å². The number of benzene rings is 2. The van der Waals surface area contributed by atoms with Crippen LogP contribution in [0.15, 0.2) is 57.1 Å². The van der Waals surface area contributed by atoms with Crippen molar-refractivity contribution in [3.8, 4) is 11.6 Å². The summed E-state index contributed by atoms with van der Waals surface area (Å²) in [5.41, 5.74) is 2.89. The average molecular weight is 481 g/mol. The number of para-hydroxylation sites is 1. The Labute approximate surface area is 201 Å². The van der Waals surface area contributed by atoms with Crippen LogP contribution in [0.5, 0.6) is 5.88 Å². The molecular formula is C27H32N2O4S. The number of unbranched alkanes of at least 4 members (excludes halogenated alkanes) is 1. The van der Waals surface area contributed by atoms with Crippen molar-refractivity contribution >= 4 is 9.84 Å².